The molecule has 18 heavy (non-hydrogen) atoms. The van der Waals surface area contributed by atoms with Gasteiger partial charge in [-0.3, -0.25) is 4.79 Å². The van der Waals surface area contributed by atoms with Crippen LogP contribution in [0.1, 0.15) is 6.42 Å². The predicted molar refractivity (Wildman–Crippen MR) is 37.5 cm³/mol. The molecule has 0 unspecified atom stereocenters. The van der Waals surface area contributed by atoms with Crippen molar-refractivity contribution < 1.29 is 49.0 Å². The molecule has 0 aromatic carbocycles. The van der Waals surface area contributed by atoms with Crippen LogP contribution in [0.4, 0.5) is 39.5 Å². The minimum atomic E-state index is -6.87. The van der Waals surface area contributed by atoms with Crippen LogP contribution in [-0.4, -0.2) is 37.0 Å². The summed E-state index contributed by atoms with van der Waals surface area (Å²) in [6.07, 6.45) is -16.0. The normalized spacial score (nSPS) is 14.5. The third-order valence-electron chi connectivity index (χ3n) is 1.89. The quantitative estimate of drug-likeness (QED) is 0.442. The molecule has 0 radical (unpaired) electrons. The highest BCUT2D eigenvalue weighted by atomic mass is 19.4. The molecular weight excluding hydrogens is 287 g/mol. The zero-order valence-corrected chi connectivity index (χ0v) is 8.21. The van der Waals surface area contributed by atoms with E-state index >= 15 is 0 Å². The van der Waals surface area contributed by atoms with E-state index in [1.165, 1.54) is 0 Å². The summed E-state index contributed by atoms with van der Waals surface area (Å²) in [6, 6.07) is 0. The van der Waals surface area contributed by atoms with Crippen molar-refractivity contribution in [2.45, 2.75) is 30.4 Å². The van der Waals surface area contributed by atoms with Gasteiger partial charge in [0.15, 0.2) is 0 Å². The maximum atomic E-state index is 12.9. The van der Waals surface area contributed by atoms with Gasteiger partial charge >= 0.3 is 23.9 Å². The molecule has 0 fully saturated rings. The van der Waals surface area contributed by atoms with Crippen LogP contribution in [0.15, 0.2) is 0 Å². The van der Waals surface area contributed by atoms with Crippen molar-refractivity contribution in [3.8, 4) is 0 Å². The number of carbonyl (C=O) groups excluding carboxylic acids is 1. The fourth-order valence-electron chi connectivity index (χ4n) is 0.983. The van der Waals surface area contributed by atoms with E-state index in [4.69, 9.17) is 0 Å². The van der Waals surface area contributed by atoms with Crippen LogP contribution in [0.2, 0.25) is 0 Å². The molecular formula is C7H5F9O2. The molecule has 0 aliphatic carbocycles. The molecule has 0 N–H and O–H groups in total. The van der Waals surface area contributed by atoms with E-state index < -0.39 is 43.4 Å². The second kappa shape index (κ2) is 4.84. The maximum absolute atomic E-state index is 12.9. The van der Waals surface area contributed by atoms with Crippen LogP contribution in [0.25, 0.3) is 0 Å². The van der Waals surface area contributed by atoms with Crippen LogP contribution in [0.5, 0.6) is 0 Å². The molecule has 0 spiro atoms. The third kappa shape index (κ3) is 2.80. The fraction of sp³-hybridized carbons (Fsp3) is 0.857. The van der Waals surface area contributed by atoms with Gasteiger partial charge in [0, 0.05) is 6.42 Å². The predicted octanol–water partition coefficient (Wildman–Crippen LogP) is 3.02. The minimum absolute atomic E-state index is 0.475. The summed E-state index contributed by atoms with van der Waals surface area (Å²) in [6.45, 7) is -1.97. The molecule has 0 saturated carbocycles. The number of rotatable bonds is 5. The summed E-state index contributed by atoms with van der Waals surface area (Å²) in [7, 11) is 0. The molecule has 0 aromatic rings. The van der Waals surface area contributed by atoms with Crippen molar-refractivity contribution in [3.63, 3.8) is 0 Å². The van der Waals surface area contributed by atoms with E-state index in [0.717, 1.165) is 0 Å². The lowest BCUT2D eigenvalue weighted by Crippen LogP contribution is -2.64. The lowest BCUT2D eigenvalue weighted by molar-refractivity contribution is -0.397. The zero-order valence-electron chi connectivity index (χ0n) is 8.21. The van der Waals surface area contributed by atoms with E-state index in [9.17, 15) is 44.3 Å². The molecule has 0 amide bonds. The average molecular weight is 292 g/mol. The Hall–Kier alpha value is -1.16. The largest absolute Gasteiger partial charge is 0.468 e. The van der Waals surface area contributed by atoms with Gasteiger partial charge < -0.3 is 4.74 Å². The van der Waals surface area contributed by atoms with Gasteiger partial charge in [0.05, 0.1) is 6.61 Å². The second-order valence-electron chi connectivity index (χ2n) is 3.08. The Labute approximate surface area is 93.7 Å². The van der Waals surface area contributed by atoms with Crippen molar-refractivity contribution >= 4 is 6.47 Å². The maximum Gasteiger partial charge on any atom is 0.437 e. The van der Waals surface area contributed by atoms with Crippen molar-refractivity contribution in [2.24, 2.45) is 0 Å². The highest BCUT2D eigenvalue weighted by Crippen LogP contribution is 2.55. The van der Waals surface area contributed by atoms with E-state index in [1.807, 2.05) is 0 Å². The number of carbonyl (C=O) groups is 1. The van der Waals surface area contributed by atoms with Gasteiger partial charge in [-0.2, -0.15) is 26.3 Å². The summed E-state index contributed by atoms with van der Waals surface area (Å²) in [5.41, 5.74) is -6.71. The number of hydrogen-bond donors (Lipinski definition) is 0. The van der Waals surface area contributed by atoms with Gasteiger partial charge in [-0.1, -0.05) is 0 Å². The van der Waals surface area contributed by atoms with Crippen molar-refractivity contribution in [2.75, 3.05) is 6.61 Å². The SMILES string of the molecule is O=COCCC(F)(F)C(F)(C(F)(F)F)C(F)(F)F. The topological polar surface area (TPSA) is 26.3 Å². The molecule has 0 saturated heterocycles. The Bertz CT molecular complexity index is 278. The summed E-state index contributed by atoms with van der Waals surface area (Å²) < 4.78 is 113. The van der Waals surface area contributed by atoms with E-state index in [0.29, 0.717) is 0 Å². The monoisotopic (exact) mass is 292 g/mol. The zero-order chi connectivity index (χ0) is 14.8. The van der Waals surface area contributed by atoms with Gasteiger partial charge in [-0.05, 0) is 0 Å². The van der Waals surface area contributed by atoms with Crippen molar-refractivity contribution in [3.05, 3.63) is 0 Å². The number of ether oxygens (including phenoxy) is 1. The smallest absolute Gasteiger partial charge is 0.437 e. The molecule has 0 aliphatic rings. The Morgan fingerprint density at radius 1 is 0.833 bits per heavy atom. The first-order valence-electron chi connectivity index (χ1n) is 4.06. The number of alkyl halides is 9. The van der Waals surface area contributed by atoms with E-state index in [1.54, 1.807) is 0 Å². The van der Waals surface area contributed by atoms with Crippen molar-refractivity contribution in [1.82, 2.24) is 0 Å². The lowest BCUT2D eigenvalue weighted by Gasteiger charge is -2.35. The van der Waals surface area contributed by atoms with Crippen LogP contribution in [0.3, 0.4) is 0 Å². The fourth-order valence-corrected chi connectivity index (χ4v) is 0.983. The van der Waals surface area contributed by atoms with E-state index in [2.05, 4.69) is 4.74 Å². The second-order valence-corrected chi connectivity index (χ2v) is 3.08. The molecule has 0 heterocycles. The Morgan fingerprint density at radius 3 is 1.50 bits per heavy atom. The Kier molecular flexibility index (Phi) is 4.53. The number of hydrogen-bond acceptors (Lipinski definition) is 2. The molecule has 0 aliphatic heterocycles. The van der Waals surface area contributed by atoms with Gasteiger partial charge in [-0.15, -0.1) is 0 Å². The summed E-state index contributed by atoms with van der Waals surface area (Å²) in [5.74, 6) is -5.83. The molecule has 0 aromatic heterocycles. The minimum Gasteiger partial charge on any atom is -0.468 e. The molecule has 0 atom stereocenters. The Morgan fingerprint density at radius 2 is 1.22 bits per heavy atom. The van der Waals surface area contributed by atoms with Gasteiger partial charge in [-0.25, -0.2) is 13.2 Å². The molecule has 11 heteroatoms. The van der Waals surface area contributed by atoms with Gasteiger partial charge in [0.1, 0.15) is 0 Å². The number of halogens is 9. The summed E-state index contributed by atoms with van der Waals surface area (Å²) >= 11 is 0. The van der Waals surface area contributed by atoms with Gasteiger partial charge in [0.2, 0.25) is 0 Å². The van der Waals surface area contributed by atoms with Crippen LogP contribution >= 0.6 is 0 Å². The molecule has 0 rings (SSSR count). The van der Waals surface area contributed by atoms with Crippen LogP contribution < -0.4 is 0 Å². The van der Waals surface area contributed by atoms with E-state index in [-0.39, 0.29) is 0 Å². The average Bonchev–Trinajstić information content (AvgIpc) is 2.12. The first-order valence-corrected chi connectivity index (χ1v) is 4.06. The molecule has 0 bridgehead atoms. The highest BCUT2D eigenvalue weighted by molar-refractivity contribution is 5.36. The molecule has 2 nitrogen and oxygen atoms in total. The van der Waals surface area contributed by atoms with Crippen LogP contribution in [0, 0.1) is 0 Å². The standard InChI is InChI=1S/C7H5F9O2/c8-4(9,1-2-18-3-17)5(10,6(11,12)13)7(14,15)16/h3H,1-2H2. The van der Waals surface area contributed by atoms with Crippen LogP contribution in [-0.2, 0) is 9.53 Å². The Balaban J connectivity index is 5.40. The van der Waals surface area contributed by atoms with Crippen molar-refractivity contribution in [1.29, 1.82) is 0 Å². The van der Waals surface area contributed by atoms with Gasteiger partial charge in [0.25, 0.3) is 6.47 Å². The first-order chi connectivity index (χ1) is 7.81. The lowest BCUT2D eigenvalue weighted by atomic mass is 9.93. The highest BCUT2D eigenvalue weighted by Gasteiger charge is 2.83. The summed E-state index contributed by atoms with van der Waals surface area (Å²) in [4.78, 5) is 9.53. The summed E-state index contributed by atoms with van der Waals surface area (Å²) in [5, 5.41) is 0. The molecule has 108 valence electrons. The third-order valence-corrected chi connectivity index (χ3v) is 1.89. The first kappa shape index (κ1) is 16.8.